The van der Waals surface area contributed by atoms with Crippen molar-refractivity contribution in [3.63, 3.8) is 0 Å². The molecule has 0 fully saturated rings. The summed E-state index contributed by atoms with van der Waals surface area (Å²) in [6.45, 7) is 0. The van der Waals surface area contributed by atoms with E-state index in [-0.39, 0.29) is 76.0 Å². The van der Waals surface area contributed by atoms with E-state index in [0.717, 1.165) is 0 Å². The predicted octanol–water partition coefficient (Wildman–Crippen LogP) is -4.46. The van der Waals surface area contributed by atoms with Gasteiger partial charge < -0.3 is 0 Å². The first-order chi connectivity index (χ1) is 1.41. The summed E-state index contributed by atoms with van der Waals surface area (Å²) < 4.78 is 0. The molecule has 0 aliphatic heterocycles. The van der Waals surface area contributed by atoms with Crippen LogP contribution in [-0.4, -0.2) is 0 Å². The summed E-state index contributed by atoms with van der Waals surface area (Å²) in [4.78, 5) is 0. The average Bonchev–Trinajstić information content (AvgIpc) is 0.918. The molecule has 0 aromatic heterocycles. The van der Waals surface area contributed by atoms with Crippen molar-refractivity contribution < 1.29 is 76.0 Å². The van der Waals surface area contributed by atoms with Gasteiger partial charge in [-0.15, -0.1) is 0 Å². The summed E-state index contributed by atoms with van der Waals surface area (Å²) in [7, 11) is 5.03. The molecule has 0 saturated carbocycles. The van der Waals surface area contributed by atoms with Crippen LogP contribution in [0.25, 0.3) is 0 Å². The zero-order chi connectivity index (χ0) is 2.71. The van der Waals surface area contributed by atoms with E-state index in [4.69, 9.17) is 8.91 Å². The number of hydrogen-bond donors (Lipinski definition) is 0. The topological polar surface area (TPSA) is 0 Å². The minimum atomic E-state index is -0.125. The zero-order valence-electron chi connectivity index (χ0n) is 2.13. The van der Waals surface area contributed by atoms with Gasteiger partial charge in [-0.05, 0) is 0 Å². The number of halogens is 3. The van der Waals surface area contributed by atoms with Crippen LogP contribution in [0.1, 0.15) is 0 Å². The van der Waals surface area contributed by atoms with Gasteiger partial charge in [-0.2, -0.15) is 0 Å². The van der Waals surface area contributed by atoms with Crippen molar-refractivity contribution in [1.29, 1.82) is 0 Å². The normalized spacial score (nSPS) is 5.50. The Morgan fingerprint density at radius 3 is 1.75 bits per heavy atom. The van der Waals surface area contributed by atoms with Crippen molar-refractivity contribution in [2.24, 2.45) is 0 Å². The smallest absolute Gasteiger partial charge is 1.00 e. The number of rotatable bonds is 0. The van der Waals surface area contributed by atoms with Crippen LogP contribution in [-0.2, 0) is 0 Å². The molecular formula is BrClIRb. The average molecular weight is 328 g/mol. The van der Waals surface area contributed by atoms with E-state index in [1.165, 1.54) is 0 Å². The summed E-state index contributed by atoms with van der Waals surface area (Å²) in [5.74, 6) is 0. The first-order valence-electron chi connectivity index (χ1n) is 0.286. The Bertz CT molecular complexity index is 8.00. The molecule has 0 amide bonds. The Morgan fingerprint density at radius 2 is 1.75 bits per heavy atom. The van der Waals surface area contributed by atoms with Gasteiger partial charge in [-0.1, -0.05) is 0 Å². The summed E-state index contributed by atoms with van der Waals surface area (Å²) in [5.41, 5.74) is 0. The Kier molecular flexibility index (Phi) is 24.7. The van der Waals surface area contributed by atoms with E-state index in [2.05, 4.69) is 12.7 Å². The molecule has 0 radical (unpaired) electrons. The van der Waals surface area contributed by atoms with Crippen molar-refractivity contribution >= 4 is 21.6 Å². The van der Waals surface area contributed by atoms with E-state index in [1.54, 1.807) is 0 Å². The Balaban J connectivity index is 0. The SMILES string of the molecule is Cl[I-]Br.[Rb+]. The molecule has 4 heavy (non-hydrogen) atoms. The molecule has 0 saturated heterocycles. The van der Waals surface area contributed by atoms with Crippen LogP contribution in [0.4, 0.5) is 0 Å². The molecule has 0 N–H and O–H groups in total. The summed E-state index contributed by atoms with van der Waals surface area (Å²) >= 11 is 2.90. The molecule has 0 atom stereocenters. The van der Waals surface area contributed by atoms with Gasteiger partial charge in [0.1, 0.15) is 0 Å². The van der Waals surface area contributed by atoms with Crippen LogP contribution in [0.5, 0.6) is 0 Å². The molecule has 0 spiro atoms. The predicted molar refractivity (Wildman–Crippen MR) is 14.8 cm³/mol. The van der Waals surface area contributed by atoms with Gasteiger partial charge in [-0.25, -0.2) is 0 Å². The van der Waals surface area contributed by atoms with Gasteiger partial charge in [0, 0.05) is 0 Å². The van der Waals surface area contributed by atoms with Gasteiger partial charge in [-0.3, -0.25) is 0 Å². The Labute approximate surface area is 94.6 Å². The monoisotopic (exact) mass is 326 g/mol. The molecule has 22 valence electrons. The fraction of sp³-hybridized carbons (Fsp3) is 0. The number of hydrogen-bond acceptors (Lipinski definition) is 0. The molecule has 0 rings (SSSR count). The fourth-order valence-corrected chi connectivity index (χ4v) is 0. The van der Waals surface area contributed by atoms with Gasteiger partial charge in [0.2, 0.25) is 0 Å². The van der Waals surface area contributed by atoms with Crippen molar-refractivity contribution in [3.05, 3.63) is 0 Å². The van der Waals surface area contributed by atoms with Crippen LogP contribution < -0.4 is 76.0 Å². The second-order valence-corrected chi connectivity index (χ2v) is 5.65. The van der Waals surface area contributed by atoms with Crippen molar-refractivity contribution in [2.45, 2.75) is 0 Å². The standard InChI is InChI=1S/BrClI.Rb/c1-3-2;/q-1;+1. The van der Waals surface area contributed by atoms with E-state index < -0.39 is 0 Å². The minimum absolute atomic E-state index is 0. The molecule has 0 aliphatic carbocycles. The Morgan fingerprint density at radius 1 is 1.75 bits per heavy atom. The first-order valence-corrected chi connectivity index (χ1v) is 7.85. The van der Waals surface area contributed by atoms with Gasteiger partial charge in [0.05, 0.1) is 0 Å². The molecule has 0 unspecified atom stereocenters. The minimum Gasteiger partial charge on any atom is 1.00 e. The van der Waals surface area contributed by atoms with Crippen LogP contribution >= 0.6 is 21.6 Å². The van der Waals surface area contributed by atoms with Crippen molar-refractivity contribution in [3.8, 4) is 0 Å². The molecule has 0 nitrogen and oxygen atoms in total. The summed E-state index contributed by atoms with van der Waals surface area (Å²) in [6.07, 6.45) is 0. The second-order valence-electron chi connectivity index (χ2n) is 0.0540. The van der Waals surface area contributed by atoms with Gasteiger partial charge in [0.25, 0.3) is 0 Å². The third-order valence-electron chi connectivity index (χ3n) is 0. The van der Waals surface area contributed by atoms with Crippen LogP contribution in [0.2, 0.25) is 0 Å². The largest absolute Gasteiger partial charge is 1.00 e. The van der Waals surface area contributed by atoms with E-state index in [9.17, 15) is 0 Å². The van der Waals surface area contributed by atoms with E-state index in [0.29, 0.717) is 0 Å². The molecule has 0 aliphatic rings. The zero-order valence-corrected chi connectivity index (χ0v) is 11.5. The third-order valence-corrected chi connectivity index (χ3v) is 0. The molecule has 0 aromatic carbocycles. The summed E-state index contributed by atoms with van der Waals surface area (Å²) in [6, 6.07) is 0. The molecular weight excluding hydrogens is 328 g/mol. The first kappa shape index (κ1) is 10.3. The molecule has 0 bridgehead atoms. The fourth-order valence-electron chi connectivity index (χ4n) is 0. The Hall–Kier alpha value is 3.31. The van der Waals surface area contributed by atoms with E-state index >= 15 is 0 Å². The van der Waals surface area contributed by atoms with Gasteiger partial charge in [0.15, 0.2) is 0 Å². The second kappa shape index (κ2) is 9.57. The maximum absolute atomic E-state index is 5.03. The van der Waals surface area contributed by atoms with Crippen molar-refractivity contribution in [1.82, 2.24) is 0 Å². The molecule has 4 heteroatoms. The van der Waals surface area contributed by atoms with E-state index in [1.807, 2.05) is 0 Å². The molecule has 0 heterocycles. The quantitative estimate of drug-likeness (QED) is 0.394. The maximum Gasteiger partial charge on any atom is 1.00 e. The van der Waals surface area contributed by atoms with Crippen LogP contribution in [0, 0.1) is 0 Å². The summed E-state index contributed by atoms with van der Waals surface area (Å²) in [5, 5.41) is 0. The van der Waals surface area contributed by atoms with Gasteiger partial charge >= 0.3 is 97.6 Å². The van der Waals surface area contributed by atoms with Crippen molar-refractivity contribution in [2.75, 3.05) is 0 Å². The molecule has 0 aromatic rings. The van der Waals surface area contributed by atoms with Crippen LogP contribution in [0.3, 0.4) is 0 Å². The maximum atomic E-state index is 5.03. The third kappa shape index (κ3) is 9.00. The van der Waals surface area contributed by atoms with Crippen LogP contribution in [0.15, 0.2) is 0 Å².